The summed E-state index contributed by atoms with van der Waals surface area (Å²) < 4.78 is 0. The topological polar surface area (TPSA) is 52.1 Å². The third kappa shape index (κ3) is 2.62. The Balaban J connectivity index is 1.21. The monoisotopic (exact) mass is 426 g/mol. The molecule has 0 heterocycles. The van der Waals surface area contributed by atoms with E-state index in [1.54, 1.807) is 0 Å². The van der Waals surface area contributed by atoms with E-state index >= 15 is 0 Å². The lowest BCUT2D eigenvalue weighted by Crippen LogP contribution is -2.59. The van der Waals surface area contributed by atoms with Crippen LogP contribution in [0.25, 0.3) is 0 Å². The van der Waals surface area contributed by atoms with Gasteiger partial charge in [-0.2, -0.15) is 0 Å². The Kier molecular flexibility index (Phi) is 4.07. The molecule has 8 saturated carbocycles. The van der Waals surface area contributed by atoms with Crippen LogP contribution in [0.3, 0.4) is 0 Å². The van der Waals surface area contributed by atoms with E-state index in [2.05, 4.69) is 0 Å². The summed E-state index contributed by atoms with van der Waals surface area (Å²) in [5.41, 5.74) is 0. The van der Waals surface area contributed by atoms with E-state index in [-0.39, 0.29) is 13.1 Å². The van der Waals surface area contributed by atoms with E-state index in [4.69, 9.17) is 23.2 Å². The molecule has 0 amide bonds. The van der Waals surface area contributed by atoms with Gasteiger partial charge in [0.05, 0.1) is 0 Å². The molecule has 28 heavy (non-hydrogen) atoms. The molecule has 0 spiro atoms. The van der Waals surface area contributed by atoms with Gasteiger partial charge >= 0.3 is 0 Å². The van der Waals surface area contributed by atoms with Crippen LogP contribution in [0.2, 0.25) is 0 Å². The molecule has 0 N–H and O–H groups in total. The van der Waals surface area contributed by atoms with E-state index in [1.807, 2.05) is 0 Å². The fourth-order valence-corrected chi connectivity index (χ4v) is 9.94. The Morgan fingerprint density at radius 3 is 1.04 bits per heavy atom. The summed E-state index contributed by atoms with van der Waals surface area (Å²) in [5.74, 6) is 4.83. The Bertz CT molecular complexity index is 595. The van der Waals surface area contributed by atoms with Gasteiger partial charge in [0.15, 0.2) is 0 Å². The average Bonchev–Trinajstić information content (AvgIpc) is 2.63. The predicted molar refractivity (Wildman–Crippen MR) is 108 cm³/mol. The molecule has 6 heteroatoms. The molecule has 8 rings (SSSR count). The molecule has 4 nitrogen and oxygen atoms in total. The van der Waals surface area contributed by atoms with Gasteiger partial charge in [-0.05, 0) is 112 Å². The minimum absolute atomic E-state index is 0.139. The molecule has 0 radical (unpaired) electrons. The van der Waals surface area contributed by atoms with Crippen LogP contribution in [-0.4, -0.2) is 32.6 Å². The predicted octanol–water partition coefficient (Wildman–Crippen LogP) is 5.33. The lowest BCUT2D eigenvalue weighted by Gasteiger charge is -2.57. The first-order valence-corrected chi connectivity index (χ1v) is 12.4. The zero-order valence-electron chi connectivity index (χ0n) is 16.6. The van der Waals surface area contributed by atoms with Crippen molar-refractivity contribution >= 4 is 23.2 Å². The summed E-state index contributed by atoms with van der Waals surface area (Å²) in [6.07, 6.45) is 11.9. The summed E-state index contributed by atoms with van der Waals surface area (Å²) in [6.45, 7) is 0.279. The maximum Gasteiger partial charge on any atom is 0.239 e. The van der Waals surface area contributed by atoms with E-state index in [0.29, 0.717) is 33.4 Å². The Hall–Kier alpha value is -0.220. The third-order valence-electron chi connectivity index (χ3n) is 9.99. The number of alkyl halides is 2. The van der Waals surface area contributed by atoms with E-state index in [0.717, 1.165) is 75.0 Å². The molecule has 0 saturated heterocycles. The lowest BCUT2D eigenvalue weighted by molar-refractivity contribution is -0.973. The standard InChI is InChI=1S/C22H32Cl2N2O2/c23-21(17-3-13-1-14(5-17)6-18(21)4-13)11-25(27)26(28)12-22(24)19-7-15-2-16(9-19)10-20(22)8-15/h13-20H,1-12H2/b26-25+. The smallest absolute Gasteiger partial charge is 0.239 e. The molecule has 0 aliphatic heterocycles. The number of halogens is 2. The van der Waals surface area contributed by atoms with Crippen molar-refractivity contribution in [3.8, 4) is 0 Å². The average molecular weight is 427 g/mol. The first-order valence-electron chi connectivity index (χ1n) is 11.6. The molecule has 0 atom stereocenters. The molecule has 0 aromatic heterocycles. The van der Waals surface area contributed by atoms with Crippen LogP contribution in [0.1, 0.15) is 64.2 Å². The van der Waals surface area contributed by atoms with Gasteiger partial charge in [-0.25, -0.2) is 0 Å². The highest BCUT2D eigenvalue weighted by molar-refractivity contribution is 6.25. The number of azo groups is 1. The maximum absolute atomic E-state index is 12.9. The highest BCUT2D eigenvalue weighted by Crippen LogP contribution is 2.62. The van der Waals surface area contributed by atoms with Crippen molar-refractivity contribution in [2.45, 2.75) is 74.0 Å². The number of rotatable bonds is 4. The molecule has 8 aliphatic rings. The summed E-state index contributed by atoms with van der Waals surface area (Å²) in [6, 6.07) is 0. The molecule has 8 bridgehead atoms. The second kappa shape index (κ2) is 6.15. The highest BCUT2D eigenvalue weighted by atomic mass is 35.5. The van der Waals surface area contributed by atoms with Crippen molar-refractivity contribution in [3.63, 3.8) is 0 Å². The van der Waals surface area contributed by atoms with Gasteiger partial charge in [0.25, 0.3) is 0 Å². The van der Waals surface area contributed by atoms with E-state index in [9.17, 15) is 10.4 Å². The minimum Gasteiger partial charge on any atom is -0.567 e. The zero-order chi connectivity index (χ0) is 19.3. The van der Waals surface area contributed by atoms with Crippen LogP contribution in [0.5, 0.6) is 0 Å². The largest absolute Gasteiger partial charge is 0.567 e. The number of hydrogen-bond acceptors (Lipinski definition) is 2. The second-order valence-corrected chi connectivity index (χ2v) is 12.9. The Morgan fingerprint density at radius 2 is 0.786 bits per heavy atom. The molecular weight excluding hydrogens is 395 g/mol. The first kappa shape index (κ1) is 18.5. The van der Waals surface area contributed by atoms with Gasteiger partial charge in [-0.3, -0.25) is 0 Å². The van der Waals surface area contributed by atoms with Crippen molar-refractivity contribution in [1.82, 2.24) is 0 Å². The highest BCUT2D eigenvalue weighted by Gasteiger charge is 2.61. The van der Waals surface area contributed by atoms with Gasteiger partial charge < -0.3 is 10.4 Å². The summed E-state index contributed by atoms with van der Waals surface area (Å²) in [5, 5.41) is 25.9. The summed E-state index contributed by atoms with van der Waals surface area (Å²) in [4.78, 5) is 0.262. The molecule has 8 aliphatic carbocycles. The van der Waals surface area contributed by atoms with Gasteiger partial charge in [0, 0.05) is 9.72 Å². The number of hydrogen-bond donors (Lipinski definition) is 0. The normalized spacial score (nSPS) is 56.9. The first-order chi connectivity index (χ1) is 13.3. The summed E-state index contributed by atoms with van der Waals surface area (Å²) in [7, 11) is 0. The Morgan fingerprint density at radius 1 is 0.536 bits per heavy atom. The SMILES string of the molecule is [O-]/[N+](CC1(Cl)C2CC3CC(C2)CC1C3)=[N+](/[O-])CC1(Cl)C2CC3CC(C2)CC1C3. The van der Waals surface area contributed by atoms with Gasteiger partial charge in [-0.1, -0.05) is 0 Å². The van der Waals surface area contributed by atoms with Gasteiger partial charge in [-0.15, -0.1) is 23.2 Å². The maximum atomic E-state index is 12.9. The van der Waals surface area contributed by atoms with E-state index in [1.165, 1.54) is 12.8 Å². The number of nitrogens with zero attached hydrogens (tertiary/aromatic N) is 2. The molecule has 8 fully saturated rings. The summed E-state index contributed by atoms with van der Waals surface area (Å²) >= 11 is 14.3. The third-order valence-corrected chi connectivity index (χ3v) is 11.5. The quantitative estimate of drug-likeness (QED) is 0.264. The molecule has 0 unspecified atom stereocenters. The van der Waals surface area contributed by atoms with Crippen LogP contribution in [0.15, 0.2) is 0 Å². The number of hydroxylamine groups is 2. The minimum atomic E-state index is -0.513. The van der Waals surface area contributed by atoms with Crippen LogP contribution < -0.4 is 0 Å². The lowest BCUT2D eigenvalue weighted by atomic mass is 9.51. The molecule has 0 aromatic carbocycles. The van der Waals surface area contributed by atoms with E-state index < -0.39 is 9.75 Å². The van der Waals surface area contributed by atoms with Crippen LogP contribution in [-0.2, 0) is 0 Å². The fourth-order valence-electron chi connectivity index (χ4n) is 9.02. The van der Waals surface area contributed by atoms with Crippen molar-refractivity contribution in [2.24, 2.45) is 47.3 Å². The molecular formula is C22H32Cl2N2O2. The fraction of sp³-hybridized carbons (Fsp3) is 1.00. The zero-order valence-corrected chi connectivity index (χ0v) is 18.1. The van der Waals surface area contributed by atoms with Gasteiger partial charge in [0.1, 0.15) is 9.75 Å². The van der Waals surface area contributed by atoms with Crippen molar-refractivity contribution < 1.29 is 9.72 Å². The van der Waals surface area contributed by atoms with Crippen LogP contribution in [0, 0.1) is 57.8 Å². The van der Waals surface area contributed by atoms with Gasteiger partial charge in [0.2, 0.25) is 13.1 Å². The van der Waals surface area contributed by atoms with Crippen LogP contribution >= 0.6 is 23.2 Å². The van der Waals surface area contributed by atoms with Crippen molar-refractivity contribution in [1.29, 1.82) is 0 Å². The molecule has 0 aromatic rings. The Labute approximate surface area is 177 Å². The van der Waals surface area contributed by atoms with Crippen molar-refractivity contribution in [2.75, 3.05) is 13.1 Å². The molecule has 156 valence electrons. The second-order valence-electron chi connectivity index (χ2n) is 11.5. The van der Waals surface area contributed by atoms with Crippen LogP contribution in [0.4, 0.5) is 0 Å². The van der Waals surface area contributed by atoms with Crippen molar-refractivity contribution in [3.05, 3.63) is 10.4 Å².